The summed E-state index contributed by atoms with van der Waals surface area (Å²) in [6.07, 6.45) is 22.3. The molecule has 0 bridgehead atoms. The van der Waals surface area contributed by atoms with Gasteiger partial charge in [0.05, 0.1) is 47.4 Å². The number of ether oxygens (including phenoxy) is 4. The summed E-state index contributed by atoms with van der Waals surface area (Å²) in [7, 11) is -2.22. The zero-order valence-electron chi connectivity index (χ0n) is 52.5. The van der Waals surface area contributed by atoms with Gasteiger partial charge in [-0.2, -0.15) is 10.5 Å². The molecule has 9 heterocycles. The van der Waals surface area contributed by atoms with E-state index in [1.165, 1.54) is 6.42 Å². The van der Waals surface area contributed by atoms with Crippen molar-refractivity contribution in [2.24, 2.45) is 0 Å². The summed E-state index contributed by atoms with van der Waals surface area (Å²) in [5.74, 6) is 0.227. The number of aromatic nitrogens is 8. The lowest BCUT2D eigenvalue weighted by Crippen LogP contribution is -2.66. The van der Waals surface area contributed by atoms with Gasteiger partial charge in [0.2, 0.25) is 0 Å². The molecular weight excluding hydrogens is 1120 g/mol. The maximum Gasteiger partial charge on any atom is 0.410 e. The minimum atomic E-state index is -1.14. The number of fused-ring (bicyclic) bond motifs is 2. The molecule has 1 saturated carbocycles. The number of amides is 2. The number of hydrogen-bond donors (Lipinski definition) is 0. The number of Topliss-reactive ketones (excluding diaryl/α,β-unsaturated/α-hetero) is 1. The van der Waals surface area contributed by atoms with Crippen molar-refractivity contribution in [3.05, 3.63) is 74.1 Å². The number of nitrogens with zero attached hydrogens (tertiary/aromatic N) is 13. The fourth-order valence-corrected chi connectivity index (χ4v) is 12.7. The third-order valence-electron chi connectivity index (χ3n) is 16.3. The van der Waals surface area contributed by atoms with Crippen molar-refractivity contribution < 1.29 is 33.3 Å². The number of nitriles is 2. The molecule has 0 atom stereocenters. The third kappa shape index (κ3) is 17.3. The van der Waals surface area contributed by atoms with Gasteiger partial charge in [-0.3, -0.25) is 9.69 Å². The normalized spacial score (nSPS) is 17.2. The van der Waals surface area contributed by atoms with Crippen LogP contribution in [0.5, 0.6) is 0 Å². The molecule has 0 aromatic carbocycles. The predicted octanol–water partition coefficient (Wildman–Crippen LogP) is 12.8. The highest BCUT2D eigenvalue weighted by molar-refractivity contribution is 6.76. The second-order valence-corrected chi connectivity index (χ2v) is 39.1. The molecule has 4 aliphatic rings. The van der Waals surface area contributed by atoms with Crippen molar-refractivity contribution in [3.63, 3.8) is 0 Å². The van der Waals surface area contributed by atoms with Gasteiger partial charge in [-0.05, 0) is 110 Å². The highest BCUT2D eigenvalue weighted by atomic mass is 28.3. The molecule has 4 fully saturated rings. The number of likely N-dealkylation sites (tertiary alicyclic amines) is 3. The Labute approximate surface area is 511 Å². The van der Waals surface area contributed by atoms with E-state index in [9.17, 15) is 24.9 Å². The van der Waals surface area contributed by atoms with Crippen LogP contribution in [0, 0.1) is 22.7 Å². The summed E-state index contributed by atoms with van der Waals surface area (Å²) >= 11 is 0. The van der Waals surface area contributed by atoms with Gasteiger partial charge in [0.15, 0.2) is 0 Å². The average molecular weight is 1210 g/mol. The molecule has 0 unspecified atom stereocenters. The quantitative estimate of drug-likeness (QED) is 0.0613. The first-order valence-corrected chi connectivity index (χ1v) is 37.7. The number of hydrogen-bond acceptors (Lipinski definition) is 14. The Hall–Kier alpha value is -6.70. The van der Waals surface area contributed by atoms with Crippen molar-refractivity contribution in [2.75, 3.05) is 52.5 Å². The molecule has 22 heteroatoms. The molecule has 86 heavy (non-hydrogen) atoms. The van der Waals surface area contributed by atoms with Gasteiger partial charge in [-0.15, -0.1) is 0 Å². The van der Waals surface area contributed by atoms with Crippen LogP contribution in [0.1, 0.15) is 107 Å². The lowest BCUT2D eigenvalue weighted by molar-refractivity contribution is -0.121. The van der Waals surface area contributed by atoms with Crippen molar-refractivity contribution in [1.29, 1.82) is 10.5 Å². The molecule has 1 aliphatic carbocycles. The van der Waals surface area contributed by atoms with Crippen LogP contribution in [0.3, 0.4) is 0 Å². The van der Waals surface area contributed by atoms with E-state index in [1.807, 2.05) is 68.0 Å². The Bertz CT molecular complexity index is 3310. The van der Waals surface area contributed by atoms with Crippen LogP contribution in [0.2, 0.25) is 51.4 Å². The Morgan fingerprint density at radius 3 is 1.47 bits per heavy atom. The number of rotatable bonds is 17. The molecular formula is C64H95N13O7Si2. The second-order valence-electron chi connectivity index (χ2n) is 27.9. The maximum absolute atomic E-state index is 12.5. The average Bonchev–Trinajstić information content (AvgIpc) is 1.48. The van der Waals surface area contributed by atoms with E-state index in [2.05, 4.69) is 134 Å². The number of carbonyl (C=O) groups excluding carboxylic acids is 3. The van der Waals surface area contributed by atoms with Gasteiger partial charge >= 0.3 is 12.2 Å². The van der Waals surface area contributed by atoms with Crippen molar-refractivity contribution in [3.8, 4) is 34.7 Å². The SMILES string of the molecule is C.CC(C)(C)OC(=O)N1CCC(=O)CC1.CC(C)(C)OC(=O)N1CCC(N2CC(CC#N)(n3ccc(-c4ncnc5c4ccn5COCC[Si](C)(C)C)c3)C2)CC1.C[Si](C)(C)CCOCn1ccc2c(-c3ccn(C4(CC#N)CCC4)c3)ncnc21. The van der Waals surface area contributed by atoms with Crippen LogP contribution in [-0.4, -0.2) is 157 Å². The molecule has 466 valence electrons. The number of carbonyl (C=O) groups is 3. The largest absolute Gasteiger partial charge is 0.444 e. The van der Waals surface area contributed by atoms with Crippen LogP contribution in [0.4, 0.5) is 9.59 Å². The zero-order valence-corrected chi connectivity index (χ0v) is 54.5. The highest BCUT2D eigenvalue weighted by Crippen LogP contribution is 2.43. The van der Waals surface area contributed by atoms with Crippen molar-refractivity contribution in [1.82, 2.24) is 52.9 Å². The highest BCUT2D eigenvalue weighted by Gasteiger charge is 2.48. The van der Waals surface area contributed by atoms with Crippen LogP contribution in [0.25, 0.3) is 44.6 Å². The van der Waals surface area contributed by atoms with E-state index < -0.39 is 27.3 Å². The van der Waals surface area contributed by atoms with E-state index in [1.54, 1.807) is 17.6 Å². The lowest BCUT2D eigenvalue weighted by Gasteiger charge is -2.54. The Morgan fingerprint density at radius 1 is 0.628 bits per heavy atom. The Morgan fingerprint density at radius 2 is 1.06 bits per heavy atom. The van der Waals surface area contributed by atoms with E-state index in [4.69, 9.17) is 18.9 Å². The smallest absolute Gasteiger partial charge is 0.410 e. The molecule has 0 N–H and O–H groups in total. The fraction of sp³-hybridized carbons (Fsp3) is 0.609. The van der Waals surface area contributed by atoms with E-state index in [-0.39, 0.29) is 36.5 Å². The minimum Gasteiger partial charge on any atom is -0.444 e. The fourth-order valence-electron chi connectivity index (χ4n) is 11.2. The molecule has 3 saturated heterocycles. The summed E-state index contributed by atoms with van der Waals surface area (Å²) in [6, 6.07) is 15.8. The van der Waals surface area contributed by atoms with Crippen LogP contribution in [-0.2, 0) is 48.3 Å². The first kappa shape index (κ1) is 66.8. The number of piperidine rings is 2. The molecule has 3 aliphatic heterocycles. The zero-order chi connectivity index (χ0) is 61.4. The maximum atomic E-state index is 12.5. The Kier molecular flexibility index (Phi) is 21.7. The van der Waals surface area contributed by atoms with E-state index in [0.29, 0.717) is 71.4 Å². The molecule has 10 rings (SSSR count). The van der Waals surface area contributed by atoms with Crippen LogP contribution in [0.15, 0.2) is 74.1 Å². The number of ketones is 1. The molecule has 6 aromatic heterocycles. The molecule has 20 nitrogen and oxygen atoms in total. The van der Waals surface area contributed by atoms with Gasteiger partial charge in [-0.1, -0.05) is 46.7 Å². The molecule has 0 spiro atoms. The van der Waals surface area contributed by atoms with Gasteiger partial charge in [0.1, 0.15) is 54.4 Å². The standard InChI is InChI=1S/C31H45N7O3Si.C22H29N5OSi.C10H17NO3.CH4/c1-30(2,3)41-29(39)35-13-8-25(9-14-35)37-20-31(21-37,11-12-32)38-16-7-24(19-38)27-26-10-15-36(28(26)34-22-33-27)23-40-17-18-42(4,5)6;1-29(2,3)14-13-28-17-26-11-6-19-20(24-16-25-21(19)26)18-5-12-27(15-18)22(9-10-23)7-4-8-22;1-10(2,3)14-9(13)11-6-4-8(12)5-7-11;/h7,10,15-16,19,22,25H,8-9,11,13-14,17-18,20-21,23H2,1-6H3;5-6,11-12,15-16H,4,7-9,13-14,17H2,1-3H3;4-7H2,1-3H3;1H4. The topological polar surface area (TPSA) is 217 Å². The summed E-state index contributed by atoms with van der Waals surface area (Å²) in [4.78, 5) is 59.1. The first-order chi connectivity index (χ1) is 40.2. The van der Waals surface area contributed by atoms with E-state index in [0.717, 1.165) is 109 Å². The summed E-state index contributed by atoms with van der Waals surface area (Å²) < 4.78 is 31.1. The summed E-state index contributed by atoms with van der Waals surface area (Å²) in [6.45, 7) is 31.9. The molecule has 6 aromatic rings. The van der Waals surface area contributed by atoms with Crippen LogP contribution >= 0.6 is 0 Å². The molecule has 2 amide bonds. The second kappa shape index (κ2) is 28.0. The predicted molar refractivity (Wildman–Crippen MR) is 342 cm³/mol. The van der Waals surface area contributed by atoms with Gasteiger partial charge in [-0.25, -0.2) is 29.5 Å². The van der Waals surface area contributed by atoms with E-state index >= 15 is 0 Å². The Balaban J connectivity index is 0.000000207. The van der Waals surface area contributed by atoms with Gasteiger partial charge in [0.25, 0.3) is 0 Å². The summed E-state index contributed by atoms with van der Waals surface area (Å²) in [5, 5.41) is 21.0. The lowest BCUT2D eigenvalue weighted by atomic mass is 9.74. The monoisotopic (exact) mass is 1210 g/mol. The van der Waals surface area contributed by atoms with Gasteiger partial charge in [0, 0.05) is 147 Å². The minimum absolute atomic E-state index is 0. The van der Waals surface area contributed by atoms with Crippen LogP contribution < -0.4 is 0 Å². The molecule has 0 radical (unpaired) electrons. The van der Waals surface area contributed by atoms with Crippen molar-refractivity contribution in [2.45, 2.75) is 200 Å². The van der Waals surface area contributed by atoms with Gasteiger partial charge < -0.3 is 47.0 Å². The van der Waals surface area contributed by atoms with Crippen molar-refractivity contribution >= 4 is 56.2 Å². The summed E-state index contributed by atoms with van der Waals surface area (Å²) in [5.41, 5.74) is 4.41. The third-order valence-corrected chi connectivity index (χ3v) is 19.7. The first-order valence-electron chi connectivity index (χ1n) is 30.3.